The van der Waals surface area contributed by atoms with E-state index in [4.69, 9.17) is 4.74 Å². The van der Waals surface area contributed by atoms with Gasteiger partial charge in [-0.15, -0.1) is 0 Å². The number of aliphatic carboxylic acids is 1. The Kier molecular flexibility index (Phi) is 5.36. The van der Waals surface area contributed by atoms with Gasteiger partial charge in [-0.05, 0) is 36.6 Å². The van der Waals surface area contributed by atoms with E-state index in [1.54, 1.807) is 24.3 Å². The molecular formula is C18H17N2NaO6. The van der Waals surface area contributed by atoms with Crippen LogP contribution in [0.4, 0.5) is 10.5 Å². The molecule has 136 valence electrons. The zero-order chi connectivity index (χ0) is 18.6. The minimum atomic E-state index is -1.41. The van der Waals surface area contributed by atoms with E-state index in [-0.39, 0.29) is 41.3 Å². The summed E-state index contributed by atoms with van der Waals surface area (Å²) in [7, 11) is 0. The number of carbonyl (C=O) groups excluding carboxylic acids is 3. The van der Waals surface area contributed by atoms with E-state index >= 15 is 0 Å². The third-order valence-electron chi connectivity index (χ3n) is 5.21. The van der Waals surface area contributed by atoms with Crippen LogP contribution in [-0.2, 0) is 14.3 Å². The van der Waals surface area contributed by atoms with Gasteiger partial charge >= 0.3 is 35.7 Å². The summed E-state index contributed by atoms with van der Waals surface area (Å²) in [5.74, 6) is -2.40. The number of carboxylic acids is 1. The van der Waals surface area contributed by atoms with Crippen molar-refractivity contribution >= 4 is 29.2 Å². The number of benzene rings is 1. The van der Waals surface area contributed by atoms with Gasteiger partial charge in [-0.2, -0.15) is 0 Å². The molecule has 2 fully saturated rings. The summed E-state index contributed by atoms with van der Waals surface area (Å²) in [5, 5.41) is 21.4. The Hall–Kier alpha value is -1.87. The SMILES string of the molecule is C[C@@H](O)[C@H]1C(=O)N2C(C(=O)[O-])=C(c3ccc(N4CCOC4=O)cc3)C[C@H]12.[Na+]. The smallest absolute Gasteiger partial charge is 0.543 e. The van der Waals surface area contributed by atoms with E-state index in [1.807, 2.05) is 0 Å². The number of amides is 2. The molecule has 3 aliphatic rings. The van der Waals surface area contributed by atoms with Crippen molar-refractivity contribution in [3.05, 3.63) is 35.5 Å². The standard InChI is InChI=1S/C18H18N2O6.Na/c1-9(21)14-13-8-12(15(17(23)24)20(13)16(14)22)10-2-4-11(5-3-10)19-6-7-26-18(19)25;/h2-5,9,13-14,21H,6-8H2,1H3,(H,23,24);/q;+1/p-1/t9-,13-,14-;/m1./s1. The Morgan fingerprint density at radius 3 is 2.48 bits per heavy atom. The molecule has 9 heteroatoms. The van der Waals surface area contributed by atoms with Crippen LogP contribution < -0.4 is 39.6 Å². The molecule has 0 aromatic heterocycles. The molecule has 2 saturated heterocycles. The molecule has 3 atom stereocenters. The van der Waals surface area contributed by atoms with Gasteiger partial charge in [-0.1, -0.05) is 12.1 Å². The summed E-state index contributed by atoms with van der Waals surface area (Å²) in [6, 6.07) is 6.50. The predicted octanol–water partition coefficient (Wildman–Crippen LogP) is -3.28. The third-order valence-corrected chi connectivity index (χ3v) is 5.21. The minimum absolute atomic E-state index is 0. The molecule has 4 rings (SSSR count). The van der Waals surface area contributed by atoms with Crippen molar-refractivity contribution < 1.29 is 58.9 Å². The van der Waals surface area contributed by atoms with Gasteiger partial charge in [0.25, 0.3) is 0 Å². The van der Waals surface area contributed by atoms with Gasteiger partial charge in [-0.3, -0.25) is 9.69 Å². The molecule has 1 aromatic carbocycles. The number of cyclic esters (lactones) is 1. The summed E-state index contributed by atoms with van der Waals surface area (Å²) < 4.78 is 4.90. The molecule has 0 radical (unpaired) electrons. The number of nitrogens with zero attached hydrogens (tertiary/aromatic N) is 2. The maximum atomic E-state index is 12.2. The zero-order valence-electron chi connectivity index (χ0n) is 15.0. The summed E-state index contributed by atoms with van der Waals surface area (Å²) >= 11 is 0. The predicted molar refractivity (Wildman–Crippen MR) is 87.5 cm³/mol. The number of anilines is 1. The third kappa shape index (κ3) is 3.06. The number of ether oxygens (including phenoxy) is 1. The van der Waals surface area contributed by atoms with Crippen molar-refractivity contribution in [2.75, 3.05) is 18.1 Å². The molecule has 27 heavy (non-hydrogen) atoms. The molecule has 0 aliphatic carbocycles. The average Bonchev–Trinajstić information content (AvgIpc) is 3.16. The van der Waals surface area contributed by atoms with Crippen molar-refractivity contribution in [1.29, 1.82) is 0 Å². The number of hydrogen-bond acceptors (Lipinski definition) is 6. The summed E-state index contributed by atoms with van der Waals surface area (Å²) in [5.41, 5.74) is 1.67. The Balaban J connectivity index is 0.00000210. The average molecular weight is 380 g/mol. The van der Waals surface area contributed by atoms with E-state index in [0.29, 0.717) is 36.4 Å². The van der Waals surface area contributed by atoms with E-state index in [0.717, 1.165) is 0 Å². The van der Waals surface area contributed by atoms with Crippen LogP contribution in [0.25, 0.3) is 5.57 Å². The van der Waals surface area contributed by atoms with Crippen LogP contribution in [0.5, 0.6) is 0 Å². The van der Waals surface area contributed by atoms with Crippen LogP contribution >= 0.6 is 0 Å². The first-order valence-corrected chi connectivity index (χ1v) is 8.40. The molecule has 3 aliphatic heterocycles. The van der Waals surface area contributed by atoms with Gasteiger partial charge in [-0.25, -0.2) is 4.79 Å². The van der Waals surface area contributed by atoms with Gasteiger partial charge < -0.3 is 24.6 Å². The molecule has 0 spiro atoms. The van der Waals surface area contributed by atoms with Crippen molar-refractivity contribution in [1.82, 2.24) is 4.90 Å². The Labute approximate surface area is 177 Å². The molecule has 8 nitrogen and oxygen atoms in total. The van der Waals surface area contributed by atoms with Crippen LogP contribution in [-0.4, -0.2) is 53.3 Å². The number of hydrogen-bond donors (Lipinski definition) is 1. The first kappa shape index (κ1) is 19.9. The molecule has 0 saturated carbocycles. The quantitative estimate of drug-likeness (QED) is 0.433. The van der Waals surface area contributed by atoms with Crippen LogP contribution in [0.15, 0.2) is 30.0 Å². The molecule has 2 amide bonds. The zero-order valence-corrected chi connectivity index (χ0v) is 17.0. The van der Waals surface area contributed by atoms with Gasteiger partial charge in [0.2, 0.25) is 5.91 Å². The fraction of sp³-hybridized carbons (Fsp3) is 0.389. The van der Waals surface area contributed by atoms with Gasteiger partial charge in [0.15, 0.2) is 0 Å². The van der Waals surface area contributed by atoms with E-state index in [2.05, 4.69) is 0 Å². The topological polar surface area (TPSA) is 110 Å². The van der Waals surface area contributed by atoms with E-state index in [1.165, 1.54) is 16.7 Å². The summed E-state index contributed by atoms with van der Waals surface area (Å²) in [4.78, 5) is 38.2. The summed E-state index contributed by atoms with van der Waals surface area (Å²) in [6.07, 6.45) is -0.909. The number of aliphatic hydroxyl groups excluding tert-OH is 1. The molecule has 0 bridgehead atoms. The first-order chi connectivity index (χ1) is 12.4. The van der Waals surface area contributed by atoms with Crippen molar-refractivity contribution in [3.63, 3.8) is 0 Å². The first-order valence-electron chi connectivity index (χ1n) is 8.40. The van der Waals surface area contributed by atoms with Crippen LogP contribution in [0.2, 0.25) is 0 Å². The van der Waals surface area contributed by atoms with Gasteiger partial charge in [0.1, 0.15) is 6.61 Å². The second-order valence-electron chi connectivity index (χ2n) is 6.67. The second-order valence-corrected chi connectivity index (χ2v) is 6.67. The van der Waals surface area contributed by atoms with Crippen molar-refractivity contribution in [2.45, 2.75) is 25.5 Å². The second kappa shape index (κ2) is 7.27. The van der Waals surface area contributed by atoms with Crippen molar-refractivity contribution in [3.8, 4) is 0 Å². The fourth-order valence-corrected chi connectivity index (χ4v) is 3.99. The Bertz CT molecular complexity index is 835. The maximum absolute atomic E-state index is 12.2. The van der Waals surface area contributed by atoms with E-state index in [9.17, 15) is 24.6 Å². The van der Waals surface area contributed by atoms with Gasteiger partial charge in [0.05, 0.1) is 36.3 Å². The normalized spacial score (nSPS) is 25.0. The maximum Gasteiger partial charge on any atom is 1.00 e. The fourth-order valence-electron chi connectivity index (χ4n) is 3.99. The number of β-lactam (4-membered cyclic amide) rings is 1. The van der Waals surface area contributed by atoms with Crippen molar-refractivity contribution in [2.24, 2.45) is 5.92 Å². The van der Waals surface area contributed by atoms with Crippen LogP contribution in [0, 0.1) is 5.92 Å². The molecule has 3 heterocycles. The summed E-state index contributed by atoms with van der Waals surface area (Å²) in [6.45, 7) is 2.33. The number of carbonyl (C=O) groups is 3. The van der Waals surface area contributed by atoms with Gasteiger partial charge in [0, 0.05) is 5.69 Å². The largest absolute Gasteiger partial charge is 1.00 e. The minimum Gasteiger partial charge on any atom is -0.543 e. The van der Waals surface area contributed by atoms with Crippen LogP contribution in [0.1, 0.15) is 18.9 Å². The van der Waals surface area contributed by atoms with E-state index < -0.39 is 30.0 Å². The molecule has 0 unspecified atom stereocenters. The number of aliphatic hydroxyl groups is 1. The molecule has 1 aromatic rings. The Morgan fingerprint density at radius 2 is 1.96 bits per heavy atom. The number of fused-ring (bicyclic) bond motifs is 1. The monoisotopic (exact) mass is 380 g/mol. The number of rotatable bonds is 4. The molecular weight excluding hydrogens is 363 g/mol. The van der Waals surface area contributed by atoms with Crippen LogP contribution in [0.3, 0.4) is 0 Å². The number of carboxylic acid groups (broad SMARTS) is 1. The molecule has 1 N–H and O–H groups in total. The Morgan fingerprint density at radius 1 is 1.30 bits per heavy atom.